The summed E-state index contributed by atoms with van der Waals surface area (Å²) < 4.78 is 61.3. The van der Waals surface area contributed by atoms with E-state index in [1.54, 1.807) is 0 Å². The number of aliphatic carboxylic acids is 1. The van der Waals surface area contributed by atoms with Crippen molar-refractivity contribution < 1.29 is 31.9 Å². The molecule has 16 nitrogen and oxygen atoms in total. The lowest BCUT2D eigenvalue weighted by atomic mass is 10.1. The Hall–Kier alpha value is -6.63. The predicted octanol–water partition coefficient (Wildman–Crippen LogP) is 1.56. The Morgan fingerprint density at radius 3 is 2.30 bits per heavy atom. The zero-order valence-corrected chi connectivity index (χ0v) is 26.4. The first-order chi connectivity index (χ1) is 23.8. The van der Waals surface area contributed by atoms with Crippen LogP contribution in [-0.4, -0.2) is 65.3 Å². The third-order valence-corrected chi connectivity index (χ3v) is 8.95. The Balaban J connectivity index is 1.17. The lowest BCUT2D eigenvalue weighted by Gasteiger charge is -2.16. The largest absolute Gasteiger partial charge is 0.480 e. The van der Waals surface area contributed by atoms with Crippen molar-refractivity contribution in [2.45, 2.75) is 17.4 Å². The van der Waals surface area contributed by atoms with Gasteiger partial charge in [0.15, 0.2) is 0 Å². The molecule has 4 aromatic heterocycles. The van der Waals surface area contributed by atoms with Gasteiger partial charge in [0.2, 0.25) is 0 Å². The van der Waals surface area contributed by atoms with E-state index >= 15 is 8.78 Å². The number of carboxylic acid groups (broad SMARTS) is 1. The molecule has 0 spiro atoms. The van der Waals surface area contributed by atoms with Crippen molar-refractivity contribution in [3.63, 3.8) is 0 Å². The topological polar surface area (TPSA) is 213 Å². The maximum atomic E-state index is 15.0. The summed E-state index contributed by atoms with van der Waals surface area (Å²) >= 11 is 0. The van der Waals surface area contributed by atoms with E-state index in [9.17, 15) is 32.7 Å². The average Bonchev–Trinajstić information content (AvgIpc) is 3.64. The second kappa shape index (κ2) is 13.1. The quantitative estimate of drug-likeness (QED) is 0.186. The second-order valence-electron chi connectivity index (χ2n) is 10.7. The van der Waals surface area contributed by atoms with Gasteiger partial charge in [0.05, 0.1) is 45.1 Å². The number of aryl methyl sites for hydroxylation is 1. The minimum atomic E-state index is -4.40. The van der Waals surface area contributed by atoms with Crippen LogP contribution in [0.25, 0.3) is 22.3 Å². The fraction of sp³-hybridized carbons (Fsp3) is 0.0968. The summed E-state index contributed by atoms with van der Waals surface area (Å²) in [6.45, 7) is 0. The number of pyridine rings is 2. The highest BCUT2D eigenvalue weighted by molar-refractivity contribution is 7.92. The van der Waals surface area contributed by atoms with Gasteiger partial charge in [-0.25, -0.2) is 31.4 Å². The molecule has 0 saturated heterocycles. The number of hydrogen-bond acceptors (Lipinski definition) is 10. The number of sulfonamides is 1. The molecule has 0 aliphatic rings. The molecule has 50 heavy (non-hydrogen) atoms. The van der Waals surface area contributed by atoms with E-state index in [1.165, 1.54) is 89.9 Å². The fourth-order valence-electron chi connectivity index (χ4n) is 4.97. The number of carbonyl (C=O) groups excluding carboxylic acids is 1. The van der Waals surface area contributed by atoms with Crippen LogP contribution in [0.2, 0.25) is 0 Å². The number of nitrogens with zero attached hydrogens (tertiary/aromatic N) is 7. The maximum absolute atomic E-state index is 15.0. The first kappa shape index (κ1) is 33.3. The Kier molecular flexibility index (Phi) is 8.73. The van der Waals surface area contributed by atoms with Crippen LogP contribution in [0.1, 0.15) is 16.1 Å². The summed E-state index contributed by atoms with van der Waals surface area (Å²) in [6, 6.07) is 8.71. The molecule has 0 aliphatic heterocycles. The van der Waals surface area contributed by atoms with Gasteiger partial charge in [0, 0.05) is 37.1 Å². The molecule has 0 fully saturated rings. The van der Waals surface area contributed by atoms with E-state index in [1.807, 2.05) is 4.72 Å². The Bertz CT molecular complexity index is 2500. The molecule has 6 rings (SSSR count). The third-order valence-electron chi connectivity index (χ3n) is 7.57. The molecule has 0 unspecified atom stereocenters. The van der Waals surface area contributed by atoms with Crippen molar-refractivity contribution >= 4 is 38.5 Å². The number of hydrogen-bond donors (Lipinski definition) is 3. The molecule has 0 saturated carbocycles. The molecular formula is C31H23F2N9O7S. The van der Waals surface area contributed by atoms with Crippen LogP contribution in [0, 0.1) is 11.6 Å². The Labute approximate surface area is 279 Å². The van der Waals surface area contributed by atoms with Gasteiger partial charge in [-0.2, -0.15) is 0 Å². The number of carboxylic acids is 1. The number of benzene rings is 2. The van der Waals surface area contributed by atoms with Gasteiger partial charge >= 0.3 is 11.7 Å². The number of aromatic nitrogens is 7. The summed E-state index contributed by atoms with van der Waals surface area (Å²) in [5, 5.41) is 19.4. The van der Waals surface area contributed by atoms with Crippen LogP contribution < -0.4 is 21.3 Å². The highest BCUT2D eigenvalue weighted by Crippen LogP contribution is 2.24. The highest BCUT2D eigenvalue weighted by Gasteiger charge is 2.26. The van der Waals surface area contributed by atoms with Gasteiger partial charge in [0.1, 0.15) is 30.3 Å². The van der Waals surface area contributed by atoms with E-state index < -0.39 is 68.5 Å². The van der Waals surface area contributed by atoms with Crippen molar-refractivity contribution in [3.8, 4) is 11.4 Å². The third kappa shape index (κ3) is 6.43. The first-order valence-corrected chi connectivity index (χ1v) is 15.8. The van der Waals surface area contributed by atoms with Gasteiger partial charge < -0.3 is 10.4 Å². The number of amides is 1. The first-order valence-electron chi connectivity index (χ1n) is 14.4. The zero-order valence-electron chi connectivity index (χ0n) is 25.6. The molecule has 254 valence electrons. The lowest BCUT2D eigenvalue weighted by Crippen LogP contribution is -2.42. The molecule has 0 bridgehead atoms. The van der Waals surface area contributed by atoms with Gasteiger partial charge in [-0.05, 0) is 48.5 Å². The molecule has 19 heteroatoms. The fourth-order valence-corrected chi connectivity index (χ4v) is 6.03. The van der Waals surface area contributed by atoms with Gasteiger partial charge in [-0.1, -0.05) is 0 Å². The van der Waals surface area contributed by atoms with Gasteiger partial charge in [-0.15, -0.1) is 10.2 Å². The van der Waals surface area contributed by atoms with Crippen molar-refractivity contribution in [2.24, 2.45) is 7.05 Å². The molecule has 6 aromatic rings. The van der Waals surface area contributed by atoms with Crippen LogP contribution in [0.15, 0.2) is 100 Å². The molecule has 1 atom stereocenters. The van der Waals surface area contributed by atoms with Crippen LogP contribution >= 0.6 is 0 Å². The highest BCUT2D eigenvalue weighted by atomic mass is 32.2. The molecule has 0 aliphatic carbocycles. The van der Waals surface area contributed by atoms with Crippen molar-refractivity contribution in [3.05, 3.63) is 130 Å². The van der Waals surface area contributed by atoms with E-state index in [-0.39, 0.29) is 21.7 Å². The summed E-state index contributed by atoms with van der Waals surface area (Å²) in [7, 11) is -2.93. The van der Waals surface area contributed by atoms with E-state index in [0.717, 1.165) is 4.57 Å². The average molecular weight is 704 g/mol. The minimum absolute atomic E-state index is 0.0891. The number of nitrogens with one attached hydrogen (secondary N) is 2. The molecule has 1 amide bonds. The summed E-state index contributed by atoms with van der Waals surface area (Å²) in [5.41, 5.74) is -1.92. The smallest absolute Gasteiger partial charge is 0.335 e. The Morgan fingerprint density at radius 2 is 1.64 bits per heavy atom. The molecule has 0 radical (unpaired) electrons. The molecular weight excluding hydrogens is 680 g/mol. The number of halogens is 2. The Morgan fingerprint density at radius 1 is 0.940 bits per heavy atom. The van der Waals surface area contributed by atoms with E-state index in [2.05, 4.69) is 25.5 Å². The summed E-state index contributed by atoms with van der Waals surface area (Å²) in [4.78, 5) is 58.6. The minimum Gasteiger partial charge on any atom is -0.480 e. The standard InChI is InChI=1S/C31H23F2N9O7S/c1-40-27-14-34-9-8-21(27)29(44)42(31(40)47)19-3-2-17(35-13-19)10-26(30(45)46)38-28(43)22-11-24(33)25(12-23(22)32)39-50(48,49)20-6-4-18(5-7-20)41-15-36-37-16-41/h2-9,11-16,26,39H,10H2,1H3,(H,38,43)(H,45,46)/t26-/m0/s1. The van der Waals surface area contributed by atoms with Crippen molar-refractivity contribution in [1.29, 1.82) is 0 Å². The van der Waals surface area contributed by atoms with Gasteiger partial charge in [0.25, 0.3) is 21.5 Å². The van der Waals surface area contributed by atoms with Crippen LogP contribution in [0.5, 0.6) is 0 Å². The summed E-state index contributed by atoms with van der Waals surface area (Å²) in [5.74, 6) is -5.48. The number of anilines is 1. The SMILES string of the molecule is Cn1c(=O)n(-c2ccc(C[C@H](NC(=O)c3cc(F)c(NS(=O)(=O)c4ccc(-n5cnnc5)cc4)cc3F)C(=O)O)nc2)c(=O)c2ccncc21. The van der Waals surface area contributed by atoms with Crippen LogP contribution in [0.4, 0.5) is 14.5 Å². The monoisotopic (exact) mass is 703 g/mol. The molecule has 4 heterocycles. The number of rotatable bonds is 10. The van der Waals surface area contributed by atoms with Crippen LogP contribution in [0.3, 0.4) is 0 Å². The zero-order chi connectivity index (χ0) is 35.7. The van der Waals surface area contributed by atoms with E-state index in [0.29, 0.717) is 23.3 Å². The van der Waals surface area contributed by atoms with Crippen molar-refractivity contribution in [1.82, 2.24) is 39.2 Å². The lowest BCUT2D eigenvalue weighted by molar-refractivity contribution is -0.139. The maximum Gasteiger partial charge on any atom is 0.335 e. The number of fused-ring (bicyclic) bond motifs is 1. The second-order valence-corrected chi connectivity index (χ2v) is 12.4. The van der Waals surface area contributed by atoms with E-state index in [4.69, 9.17) is 0 Å². The van der Waals surface area contributed by atoms with Crippen LogP contribution in [-0.2, 0) is 28.3 Å². The van der Waals surface area contributed by atoms with Crippen molar-refractivity contribution in [2.75, 3.05) is 4.72 Å². The molecule has 3 N–H and O–H groups in total. The number of carbonyl (C=O) groups is 2. The van der Waals surface area contributed by atoms with Gasteiger partial charge in [-0.3, -0.25) is 33.4 Å². The molecule has 2 aromatic carbocycles. The summed E-state index contributed by atoms with van der Waals surface area (Å²) in [6.07, 6.45) is 6.32. The predicted molar refractivity (Wildman–Crippen MR) is 171 cm³/mol. The normalized spacial score (nSPS) is 12.1.